The molecule has 1 aliphatic heterocycles. The highest BCUT2D eigenvalue weighted by molar-refractivity contribution is 5.15. The van der Waals surface area contributed by atoms with Crippen LogP contribution in [0.2, 0.25) is 0 Å². The van der Waals surface area contributed by atoms with Gasteiger partial charge in [-0.05, 0) is 36.0 Å². The number of nitrogens with one attached hydrogen (secondary N) is 1. The van der Waals surface area contributed by atoms with Gasteiger partial charge in [-0.3, -0.25) is 0 Å². The molecule has 0 aliphatic carbocycles. The van der Waals surface area contributed by atoms with Gasteiger partial charge in [-0.1, -0.05) is 19.1 Å². The van der Waals surface area contributed by atoms with Crippen LogP contribution >= 0.6 is 0 Å². The van der Waals surface area contributed by atoms with Gasteiger partial charge in [-0.15, -0.1) is 0 Å². The van der Waals surface area contributed by atoms with Crippen LogP contribution in [0.5, 0.6) is 0 Å². The Labute approximate surface area is 102 Å². The first-order valence-electron chi connectivity index (χ1n) is 6.21. The molecule has 17 heavy (non-hydrogen) atoms. The van der Waals surface area contributed by atoms with Crippen LogP contribution in [0.3, 0.4) is 0 Å². The lowest BCUT2D eigenvalue weighted by atomic mass is 9.82. The van der Waals surface area contributed by atoms with Crippen LogP contribution in [0.4, 0.5) is 4.39 Å². The summed E-state index contributed by atoms with van der Waals surface area (Å²) in [6.07, 6.45) is 2.23. The summed E-state index contributed by atoms with van der Waals surface area (Å²) in [6, 6.07) is 6.67. The number of hydrogen-bond acceptors (Lipinski definition) is 2. The van der Waals surface area contributed by atoms with Crippen molar-refractivity contribution in [1.29, 1.82) is 0 Å². The molecule has 0 bridgehead atoms. The minimum Gasteiger partial charge on any atom is -0.381 e. The standard InChI is InChI=1S/C14H20FNO/c1-14(6-8-17-9-7-14)11-16-10-12-2-4-13(15)5-3-12/h2-5,16H,6-11H2,1H3. The number of halogens is 1. The lowest BCUT2D eigenvalue weighted by Gasteiger charge is -2.33. The highest BCUT2D eigenvalue weighted by Crippen LogP contribution is 2.28. The molecule has 1 aliphatic rings. The lowest BCUT2D eigenvalue weighted by molar-refractivity contribution is 0.0240. The van der Waals surface area contributed by atoms with E-state index in [0.717, 1.165) is 44.7 Å². The summed E-state index contributed by atoms with van der Waals surface area (Å²) >= 11 is 0. The molecule has 1 N–H and O–H groups in total. The fourth-order valence-electron chi connectivity index (χ4n) is 2.15. The van der Waals surface area contributed by atoms with Gasteiger partial charge in [0.15, 0.2) is 0 Å². The molecule has 0 aromatic heterocycles. The van der Waals surface area contributed by atoms with Crippen LogP contribution in [0, 0.1) is 11.2 Å². The second kappa shape index (κ2) is 5.61. The van der Waals surface area contributed by atoms with Crippen molar-refractivity contribution in [3.8, 4) is 0 Å². The molecule has 0 atom stereocenters. The fourth-order valence-corrected chi connectivity index (χ4v) is 2.15. The van der Waals surface area contributed by atoms with E-state index in [9.17, 15) is 4.39 Å². The molecule has 3 heteroatoms. The molecular weight excluding hydrogens is 217 g/mol. The van der Waals surface area contributed by atoms with E-state index < -0.39 is 0 Å². The van der Waals surface area contributed by atoms with Gasteiger partial charge in [0.2, 0.25) is 0 Å². The van der Waals surface area contributed by atoms with E-state index in [1.54, 1.807) is 0 Å². The minimum atomic E-state index is -0.176. The van der Waals surface area contributed by atoms with E-state index in [0.29, 0.717) is 5.41 Å². The van der Waals surface area contributed by atoms with Crippen LogP contribution in [-0.4, -0.2) is 19.8 Å². The normalized spacial score (nSPS) is 19.2. The lowest BCUT2D eigenvalue weighted by Crippen LogP contribution is -2.36. The molecule has 1 fully saturated rings. The maximum absolute atomic E-state index is 12.7. The smallest absolute Gasteiger partial charge is 0.123 e. The SMILES string of the molecule is CC1(CNCc2ccc(F)cc2)CCOCC1. The van der Waals surface area contributed by atoms with Crippen molar-refractivity contribution in [3.63, 3.8) is 0 Å². The Morgan fingerprint density at radius 2 is 1.88 bits per heavy atom. The molecule has 0 saturated carbocycles. The molecule has 0 amide bonds. The monoisotopic (exact) mass is 237 g/mol. The highest BCUT2D eigenvalue weighted by atomic mass is 19.1. The van der Waals surface area contributed by atoms with Gasteiger partial charge in [0, 0.05) is 26.3 Å². The van der Waals surface area contributed by atoms with Gasteiger partial charge in [-0.2, -0.15) is 0 Å². The number of hydrogen-bond donors (Lipinski definition) is 1. The Balaban J connectivity index is 1.77. The summed E-state index contributed by atoms with van der Waals surface area (Å²) in [5.74, 6) is -0.176. The summed E-state index contributed by atoms with van der Waals surface area (Å²) in [5.41, 5.74) is 1.47. The molecule has 0 unspecified atom stereocenters. The van der Waals surface area contributed by atoms with E-state index in [2.05, 4.69) is 12.2 Å². The Morgan fingerprint density at radius 1 is 1.24 bits per heavy atom. The van der Waals surface area contributed by atoms with Gasteiger partial charge < -0.3 is 10.1 Å². The molecule has 1 heterocycles. The maximum atomic E-state index is 12.7. The molecule has 0 radical (unpaired) electrons. The van der Waals surface area contributed by atoms with E-state index in [1.807, 2.05) is 12.1 Å². The number of ether oxygens (including phenoxy) is 1. The van der Waals surface area contributed by atoms with Crippen molar-refractivity contribution in [2.24, 2.45) is 5.41 Å². The van der Waals surface area contributed by atoms with Crippen molar-refractivity contribution in [2.75, 3.05) is 19.8 Å². The summed E-state index contributed by atoms with van der Waals surface area (Å²) in [5, 5.41) is 3.45. The first kappa shape index (κ1) is 12.5. The molecule has 0 spiro atoms. The Morgan fingerprint density at radius 3 is 2.53 bits per heavy atom. The second-order valence-corrected chi connectivity index (χ2v) is 5.15. The van der Waals surface area contributed by atoms with Crippen LogP contribution in [0.25, 0.3) is 0 Å². The fraction of sp³-hybridized carbons (Fsp3) is 0.571. The molecule has 2 rings (SSSR count). The van der Waals surface area contributed by atoms with Crippen LogP contribution in [0.1, 0.15) is 25.3 Å². The Kier molecular flexibility index (Phi) is 4.13. The van der Waals surface area contributed by atoms with Crippen molar-refractivity contribution < 1.29 is 9.13 Å². The first-order valence-corrected chi connectivity index (χ1v) is 6.21. The summed E-state index contributed by atoms with van der Waals surface area (Å²) < 4.78 is 18.1. The van der Waals surface area contributed by atoms with E-state index in [1.165, 1.54) is 12.1 Å². The highest BCUT2D eigenvalue weighted by Gasteiger charge is 2.26. The molecule has 94 valence electrons. The summed E-state index contributed by atoms with van der Waals surface area (Å²) in [4.78, 5) is 0. The summed E-state index contributed by atoms with van der Waals surface area (Å²) in [7, 11) is 0. The average molecular weight is 237 g/mol. The molecule has 1 saturated heterocycles. The number of rotatable bonds is 4. The van der Waals surface area contributed by atoms with Crippen LogP contribution in [-0.2, 0) is 11.3 Å². The van der Waals surface area contributed by atoms with E-state index in [4.69, 9.17) is 4.74 Å². The van der Waals surface area contributed by atoms with Crippen molar-refractivity contribution in [2.45, 2.75) is 26.3 Å². The van der Waals surface area contributed by atoms with Crippen molar-refractivity contribution in [3.05, 3.63) is 35.6 Å². The summed E-state index contributed by atoms with van der Waals surface area (Å²) in [6.45, 7) is 5.83. The molecule has 1 aromatic carbocycles. The minimum absolute atomic E-state index is 0.176. The van der Waals surface area contributed by atoms with Gasteiger partial charge >= 0.3 is 0 Å². The molecule has 2 nitrogen and oxygen atoms in total. The van der Waals surface area contributed by atoms with Crippen LogP contribution < -0.4 is 5.32 Å². The Bertz CT molecular complexity index is 344. The zero-order chi connectivity index (χ0) is 12.1. The average Bonchev–Trinajstić information content (AvgIpc) is 2.32. The van der Waals surface area contributed by atoms with Gasteiger partial charge in [0.05, 0.1) is 0 Å². The van der Waals surface area contributed by atoms with E-state index >= 15 is 0 Å². The number of benzene rings is 1. The third-order valence-electron chi connectivity index (χ3n) is 3.49. The predicted octanol–water partition coefficient (Wildman–Crippen LogP) is 2.73. The topological polar surface area (TPSA) is 21.3 Å². The van der Waals surface area contributed by atoms with E-state index in [-0.39, 0.29) is 5.82 Å². The van der Waals surface area contributed by atoms with Gasteiger partial charge in [0.25, 0.3) is 0 Å². The molecule has 1 aromatic rings. The third-order valence-corrected chi connectivity index (χ3v) is 3.49. The zero-order valence-electron chi connectivity index (χ0n) is 10.3. The zero-order valence-corrected chi connectivity index (χ0v) is 10.3. The predicted molar refractivity (Wildman–Crippen MR) is 66.3 cm³/mol. The van der Waals surface area contributed by atoms with Gasteiger partial charge in [-0.25, -0.2) is 4.39 Å². The van der Waals surface area contributed by atoms with Crippen molar-refractivity contribution in [1.82, 2.24) is 5.32 Å². The second-order valence-electron chi connectivity index (χ2n) is 5.15. The Hall–Kier alpha value is -0.930. The largest absolute Gasteiger partial charge is 0.381 e. The quantitative estimate of drug-likeness (QED) is 0.869. The maximum Gasteiger partial charge on any atom is 0.123 e. The third kappa shape index (κ3) is 3.79. The van der Waals surface area contributed by atoms with Crippen LogP contribution in [0.15, 0.2) is 24.3 Å². The van der Waals surface area contributed by atoms with Crippen molar-refractivity contribution >= 4 is 0 Å². The molecular formula is C14H20FNO. The van der Waals surface area contributed by atoms with Gasteiger partial charge in [0.1, 0.15) is 5.82 Å². The first-order chi connectivity index (χ1) is 8.18.